The fourth-order valence-electron chi connectivity index (χ4n) is 2.77. The summed E-state index contributed by atoms with van der Waals surface area (Å²) in [5.41, 5.74) is 2.92. The zero-order chi connectivity index (χ0) is 20.5. The number of non-ortho nitro benzene ring substituents is 1. The second kappa shape index (κ2) is 10.5. The van der Waals surface area contributed by atoms with Gasteiger partial charge in [-0.2, -0.15) is 0 Å². The minimum atomic E-state index is -0.463. The lowest BCUT2D eigenvalue weighted by Gasteiger charge is -2.11. The summed E-state index contributed by atoms with van der Waals surface area (Å²) in [5, 5.41) is 17.6. The number of nitro benzene ring substituents is 1. The van der Waals surface area contributed by atoms with Gasteiger partial charge in [0.1, 0.15) is 12.4 Å². The van der Waals surface area contributed by atoms with E-state index in [1.165, 1.54) is 12.1 Å². The number of hydrogen-bond donors (Lipinski definition) is 2. The Morgan fingerprint density at radius 2 is 1.72 bits per heavy atom. The van der Waals surface area contributed by atoms with E-state index in [0.717, 1.165) is 16.9 Å². The molecule has 0 bridgehead atoms. The average molecular weight is 412 g/mol. The number of anilines is 1. The molecule has 150 valence electrons. The summed E-state index contributed by atoms with van der Waals surface area (Å²) in [6.07, 6.45) is 0. The quantitative estimate of drug-likeness (QED) is 0.278. The van der Waals surface area contributed by atoms with Crippen molar-refractivity contribution in [1.82, 2.24) is 5.32 Å². The Hall–Kier alpha value is -3.09. The van der Waals surface area contributed by atoms with Crippen LogP contribution in [-0.4, -0.2) is 18.0 Å². The van der Waals surface area contributed by atoms with Crippen LogP contribution < -0.4 is 15.4 Å². The van der Waals surface area contributed by atoms with Crippen LogP contribution in [0.4, 0.5) is 11.4 Å². The van der Waals surface area contributed by atoms with Crippen LogP contribution in [0.5, 0.6) is 5.75 Å². The van der Waals surface area contributed by atoms with Gasteiger partial charge < -0.3 is 15.4 Å². The molecule has 0 aromatic heterocycles. The standard InChI is InChI=1S/C22H22ClN3O3/c23-21-14-19(26(27)28)9-10-22(21)25-12-11-24-15-18-7-4-8-20(13-18)29-16-17-5-2-1-3-6-17/h1-10,13-14,24-25H,11-12,15-16H2. The average Bonchev–Trinajstić information content (AvgIpc) is 2.74. The van der Waals surface area contributed by atoms with Crippen molar-refractivity contribution in [2.24, 2.45) is 0 Å². The Kier molecular flexibility index (Phi) is 7.44. The summed E-state index contributed by atoms with van der Waals surface area (Å²) in [5.74, 6) is 0.837. The molecule has 0 heterocycles. The number of halogens is 1. The predicted molar refractivity (Wildman–Crippen MR) is 116 cm³/mol. The van der Waals surface area contributed by atoms with Crippen LogP contribution in [0, 0.1) is 10.1 Å². The van der Waals surface area contributed by atoms with Crippen molar-refractivity contribution in [3.8, 4) is 5.75 Å². The smallest absolute Gasteiger partial charge is 0.271 e. The van der Waals surface area contributed by atoms with Crippen molar-refractivity contribution >= 4 is 23.0 Å². The third-order valence-corrected chi connectivity index (χ3v) is 4.57. The largest absolute Gasteiger partial charge is 0.489 e. The van der Waals surface area contributed by atoms with Crippen molar-refractivity contribution in [2.45, 2.75) is 13.2 Å². The number of nitrogens with zero attached hydrogens (tertiary/aromatic N) is 1. The van der Waals surface area contributed by atoms with Gasteiger partial charge >= 0.3 is 0 Å². The first kappa shape index (κ1) is 20.6. The second-order valence-electron chi connectivity index (χ2n) is 6.45. The van der Waals surface area contributed by atoms with Crippen molar-refractivity contribution in [1.29, 1.82) is 0 Å². The van der Waals surface area contributed by atoms with Crippen LogP contribution in [0.3, 0.4) is 0 Å². The lowest BCUT2D eigenvalue weighted by atomic mass is 10.2. The molecular weight excluding hydrogens is 390 g/mol. The highest BCUT2D eigenvalue weighted by Gasteiger charge is 2.08. The van der Waals surface area contributed by atoms with Gasteiger partial charge in [0.2, 0.25) is 0 Å². The first-order valence-corrected chi connectivity index (χ1v) is 9.64. The van der Waals surface area contributed by atoms with E-state index in [9.17, 15) is 10.1 Å². The Balaban J connectivity index is 1.41. The van der Waals surface area contributed by atoms with Crippen LogP contribution in [0.2, 0.25) is 5.02 Å². The number of nitro groups is 1. The van der Waals surface area contributed by atoms with Gasteiger partial charge in [-0.3, -0.25) is 10.1 Å². The summed E-state index contributed by atoms with van der Waals surface area (Å²) in [6, 6.07) is 22.4. The van der Waals surface area contributed by atoms with Gasteiger partial charge in [-0.25, -0.2) is 0 Å². The van der Waals surface area contributed by atoms with Crippen molar-refractivity contribution in [2.75, 3.05) is 18.4 Å². The zero-order valence-electron chi connectivity index (χ0n) is 15.8. The lowest BCUT2D eigenvalue weighted by molar-refractivity contribution is -0.384. The SMILES string of the molecule is O=[N+]([O-])c1ccc(NCCNCc2cccc(OCc3ccccc3)c2)c(Cl)c1. The number of rotatable bonds is 10. The molecule has 0 atom stereocenters. The van der Waals surface area contributed by atoms with E-state index in [2.05, 4.69) is 10.6 Å². The van der Waals surface area contributed by atoms with E-state index in [-0.39, 0.29) is 5.69 Å². The molecule has 0 aliphatic heterocycles. The molecule has 0 amide bonds. The highest BCUT2D eigenvalue weighted by Crippen LogP contribution is 2.26. The fraction of sp³-hybridized carbons (Fsp3) is 0.182. The van der Waals surface area contributed by atoms with Crippen LogP contribution >= 0.6 is 11.6 Å². The lowest BCUT2D eigenvalue weighted by Crippen LogP contribution is -2.21. The Labute approximate surface area is 174 Å². The molecule has 0 fully saturated rings. The van der Waals surface area contributed by atoms with Gasteiger partial charge in [-0.1, -0.05) is 54.1 Å². The molecule has 3 aromatic rings. The maximum atomic E-state index is 10.7. The van der Waals surface area contributed by atoms with E-state index >= 15 is 0 Å². The van der Waals surface area contributed by atoms with Crippen LogP contribution in [0.1, 0.15) is 11.1 Å². The highest BCUT2D eigenvalue weighted by molar-refractivity contribution is 6.33. The Bertz CT molecular complexity index is 951. The minimum absolute atomic E-state index is 0.0203. The number of ether oxygens (including phenoxy) is 1. The normalized spacial score (nSPS) is 10.5. The summed E-state index contributed by atoms with van der Waals surface area (Å²) >= 11 is 6.07. The molecule has 0 saturated heterocycles. The summed E-state index contributed by atoms with van der Waals surface area (Å²) in [4.78, 5) is 10.3. The van der Waals surface area contributed by atoms with E-state index in [0.29, 0.717) is 37.0 Å². The zero-order valence-corrected chi connectivity index (χ0v) is 16.6. The molecule has 7 heteroatoms. The van der Waals surface area contributed by atoms with Gasteiger partial charge in [-0.05, 0) is 29.3 Å². The molecule has 0 unspecified atom stereocenters. The van der Waals surface area contributed by atoms with E-state index in [4.69, 9.17) is 16.3 Å². The maximum Gasteiger partial charge on any atom is 0.271 e. The Morgan fingerprint density at radius 1 is 0.931 bits per heavy atom. The third kappa shape index (κ3) is 6.48. The minimum Gasteiger partial charge on any atom is -0.489 e. The molecule has 0 spiro atoms. The molecule has 0 aliphatic carbocycles. The number of nitrogens with one attached hydrogen (secondary N) is 2. The predicted octanol–water partition coefficient (Wildman–Crippen LogP) is 5.03. The van der Waals surface area contributed by atoms with Gasteiger partial charge in [0.05, 0.1) is 15.6 Å². The molecule has 0 saturated carbocycles. The topological polar surface area (TPSA) is 76.4 Å². The van der Waals surface area contributed by atoms with E-state index < -0.39 is 4.92 Å². The summed E-state index contributed by atoms with van der Waals surface area (Å²) in [7, 11) is 0. The molecule has 29 heavy (non-hydrogen) atoms. The first-order chi connectivity index (χ1) is 14.1. The molecule has 6 nitrogen and oxygen atoms in total. The molecule has 2 N–H and O–H groups in total. The van der Waals surface area contributed by atoms with Gasteiger partial charge in [-0.15, -0.1) is 0 Å². The molecule has 0 aliphatic rings. The fourth-order valence-corrected chi connectivity index (χ4v) is 3.01. The second-order valence-corrected chi connectivity index (χ2v) is 6.85. The maximum absolute atomic E-state index is 10.7. The van der Waals surface area contributed by atoms with Crippen molar-refractivity contribution < 1.29 is 9.66 Å². The molecular formula is C22H22ClN3O3. The van der Waals surface area contributed by atoms with Crippen LogP contribution in [0.15, 0.2) is 72.8 Å². The molecule has 3 aromatic carbocycles. The van der Waals surface area contributed by atoms with E-state index in [1.54, 1.807) is 6.07 Å². The van der Waals surface area contributed by atoms with Crippen LogP contribution in [-0.2, 0) is 13.2 Å². The summed E-state index contributed by atoms with van der Waals surface area (Å²) < 4.78 is 5.85. The van der Waals surface area contributed by atoms with Gasteiger partial charge in [0, 0.05) is 31.8 Å². The third-order valence-electron chi connectivity index (χ3n) is 4.26. The van der Waals surface area contributed by atoms with Gasteiger partial charge in [0.15, 0.2) is 0 Å². The molecule has 0 radical (unpaired) electrons. The van der Waals surface area contributed by atoms with Crippen molar-refractivity contribution in [3.63, 3.8) is 0 Å². The monoisotopic (exact) mass is 411 g/mol. The van der Waals surface area contributed by atoms with Gasteiger partial charge in [0.25, 0.3) is 5.69 Å². The summed E-state index contributed by atoms with van der Waals surface area (Å²) in [6.45, 7) is 2.60. The van der Waals surface area contributed by atoms with Crippen LogP contribution in [0.25, 0.3) is 0 Å². The van der Waals surface area contributed by atoms with E-state index in [1.807, 2.05) is 54.6 Å². The molecule has 3 rings (SSSR count). The number of hydrogen-bond acceptors (Lipinski definition) is 5. The first-order valence-electron chi connectivity index (χ1n) is 9.26. The Morgan fingerprint density at radius 3 is 2.48 bits per heavy atom. The highest BCUT2D eigenvalue weighted by atomic mass is 35.5. The number of benzene rings is 3. The van der Waals surface area contributed by atoms with Crippen molar-refractivity contribution in [3.05, 3.63) is 99.1 Å².